The minimum Gasteiger partial charge on any atom is -0.481 e. The van der Waals surface area contributed by atoms with Crippen LogP contribution in [0.2, 0.25) is 5.02 Å². The Hall–Kier alpha value is -1.59. The summed E-state index contributed by atoms with van der Waals surface area (Å²) in [5.74, 6) is -1.35. The average Bonchev–Trinajstić information content (AvgIpc) is 2.36. The van der Waals surface area contributed by atoms with E-state index >= 15 is 0 Å². The summed E-state index contributed by atoms with van der Waals surface area (Å²) in [6, 6.07) is 6.07. The molecule has 0 aliphatic rings. The number of aliphatic carboxylic acids is 1. The van der Waals surface area contributed by atoms with E-state index in [1.54, 1.807) is 19.1 Å². The lowest BCUT2D eigenvalue weighted by Crippen LogP contribution is -2.41. The number of rotatable bonds is 6. The number of carbonyl (C=O) groups is 2. The van der Waals surface area contributed by atoms with Crippen molar-refractivity contribution >= 4 is 23.5 Å². The van der Waals surface area contributed by atoms with Gasteiger partial charge in [0, 0.05) is 11.4 Å². The van der Waals surface area contributed by atoms with Gasteiger partial charge in [-0.25, -0.2) is 0 Å². The summed E-state index contributed by atoms with van der Waals surface area (Å²) in [6.45, 7) is 1.79. The SMILES string of the molecule is C[C@H](NC(=O)C(N)CCC(=O)O)c1ccccc1Cl. The minimum absolute atomic E-state index is 0.108. The van der Waals surface area contributed by atoms with Crippen molar-refractivity contribution in [1.82, 2.24) is 5.32 Å². The highest BCUT2D eigenvalue weighted by atomic mass is 35.5. The van der Waals surface area contributed by atoms with Gasteiger partial charge in [-0.2, -0.15) is 0 Å². The summed E-state index contributed by atoms with van der Waals surface area (Å²) >= 11 is 6.02. The molecule has 5 nitrogen and oxygen atoms in total. The van der Waals surface area contributed by atoms with Crippen molar-refractivity contribution in [3.8, 4) is 0 Å². The normalized spacial score (nSPS) is 13.6. The molecule has 1 amide bonds. The van der Waals surface area contributed by atoms with E-state index in [0.717, 1.165) is 5.56 Å². The van der Waals surface area contributed by atoms with Crippen LogP contribution in [0.25, 0.3) is 0 Å². The fourth-order valence-electron chi connectivity index (χ4n) is 1.63. The quantitative estimate of drug-likeness (QED) is 0.741. The second kappa shape index (κ2) is 7.11. The highest BCUT2D eigenvalue weighted by Crippen LogP contribution is 2.22. The first-order valence-electron chi connectivity index (χ1n) is 5.94. The fourth-order valence-corrected chi connectivity index (χ4v) is 1.93. The molecule has 0 bridgehead atoms. The molecule has 1 rings (SSSR count). The number of amides is 1. The largest absolute Gasteiger partial charge is 0.481 e. The van der Waals surface area contributed by atoms with E-state index in [0.29, 0.717) is 5.02 Å². The van der Waals surface area contributed by atoms with Crippen molar-refractivity contribution in [2.75, 3.05) is 0 Å². The van der Waals surface area contributed by atoms with Crippen molar-refractivity contribution in [2.45, 2.75) is 31.8 Å². The van der Waals surface area contributed by atoms with Gasteiger partial charge in [-0.3, -0.25) is 9.59 Å². The van der Waals surface area contributed by atoms with Crippen molar-refractivity contribution in [2.24, 2.45) is 5.73 Å². The van der Waals surface area contributed by atoms with Gasteiger partial charge in [0.15, 0.2) is 0 Å². The molecule has 0 saturated carbocycles. The molecule has 0 spiro atoms. The zero-order valence-corrected chi connectivity index (χ0v) is 11.4. The molecule has 0 saturated heterocycles. The Kier molecular flexibility index (Phi) is 5.79. The third-order valence-electron chi connectivity index (χ3n) is 2.74. The first-order valence-corrected chi connectivity index (χ1v) is 6.31. The Morgan fingerprint density at radius 1 is 1.42 bits per heavy atom. The molecule has 19 heavy (non-hydrogen) atoms. The van der Waals surface area contributed by atoms with Crippen LogP contribution >= 0.6 is 11.6 Å². The number of carboxylic acids is 1. The summed E-state index contributed by atoms with van der Waals surface area (Å²) in [4.78, 5) is 22.2. The summed E-state index contributed by atoms with van der Waals surface area (Å²) in [5, 5.41) is 11.8. The van der Waals surface area contributed by atoms with Gasteiger partial charge in [0.2, 0.25) is 5.91 Å². The van der Waals surface area contributed by atoms with Crippen molar-refractivity contribution < 1.29 is 14.7 Å². The number of hydrogen-bond donors (Lipinski definition) is 3. The van der Waals surface area contributed by atoms with E-state index in [4.69, 9.17) is 22.4 Å². The first kappa shape index (κ1) is 15.5. The molecule has 2 atom stereocenters. The predicted octanol–water partition coefficient (Wildman–Crippen LogP) is 1.71. The number of hydrogen-bond acceptors (Lipinski definition) is 3. The lowest BCUT2D eigenvalue weighted by atomic mass is 10.1. The third-order valence-corrected chi connectivity index (χ3v) is 3.08. The molecule has 0 radical (unpaired) electrons. The predicted molar refractivity (Wildman–Crippen MR) is 72.9 cm³/mol. The fraction of sp³-hybridized carbons (Fsp3) is 0.385. The molecular weight excluding hydrogens is 268 g/mol. The van der Waals surface area contributed by atoms with E-state index < -0.39 is 12.0 Å². The molecule has 1 aromatic rings. The minimum atomic E-state index is -0.970. The maximum atomic E-state index is 11.8. The molecule has 0 aliphatic carbocycles. The lowest BCUT2D eigenvalue weighted by molar-refractivity contribution is -0.137. The Bertz CT molecular complexity index is 465. The molecule has 0 heterocycles. The van der Waals surface area contributed by atoms with E-state index in [9.17, 15) is 9.59 Å². The Morgan fingerprint density at radius 2 is 2.05 bits per heavy atom. The van der Waals surface area contributed by atoms with E-state index in [1.807, 2.05) is 12.1 Å². The van der Waals surface area contributed by atoms with Gasteiger partial charge in [0.1, 0.15) is 0 Å². The van der Waals surface area contributed by atoms with E-state index in [2.05, 4.69) is 5.32 Å². The Labute approximate surface area is 116 Å². The molecule has 0 fully saturated rings. The van der Waals surface area contributed by atoms with E-state index in [1.165, 1.54) is 0 Å². The zero-order chi connectivity index (χ0) is 14.4. The topological polar surface area (TPSA) is 92.4 Å². The molecule has 104 valence electrons. The van der Waals surface area contributed by atoms with Gasteiger partial charge in [-0.05, 0) is 25.0 Å². The van der Waals surface area contributed by atoms with Gasteiger partial charge >= 0.3 is 5.97 Å². The van der Waals surface area contributed by atoms with Crippen LogP contribution in [-0.2, 0) is 9.59 Å². The lowest BCUT2D eigenvalue weighted by Gasteiger charge is -2.18. The third kappa shape index (κ3) is 4.89. The first-order chi connectivity index (χ1) is 8.91. The molecule has 0 aromatic heterocycles. The highest BCUT2D eigenvalue weighted by molar-refractivity contribution is 6.31. The Balaban J connectivity index is 2.57. The van der Waals surface area contributed by atoms with Crippen LogP contribution in [0.5, 0.6) is 0 Å². The van der Waals surface area contributed by atoms with Gasteiger partial charge in [-0.15, -0.1) is 0 Å². The summed E-state index contributed by atoms with van der Waals surface area (Å²) < 4.78 is 0. The smallest absolute Gasteiger partial charge is 0.303 e. The number of carboxylic acid groups (broad SMARTS) is 1. The second-order valence-electron chi connectivity index (χ2n) is 4.29. The van der Waals surface area contributed by atoms with Gasteiger partial charge in [0.25, 0.3) is 0 Å². The maximum Gasteiger partial charge on any atom is 0.303 e. The molecule has 1 unspecified atom stereocenters. The van der Waals surface area contributed by atoms with Crippen molar-refractivity contribution in [3.63, 3.8) is 0 Å². The molecule has 6 heteroatoms. The Morgan fingerprint density at radius 3 is 2.63 bits per heavy atom. The second-order valence-corrected chi connectivity index (χ2v) is 4.70. The van der Waals surface area contributed by atoms with Crippen LogP contribution in [0.15, 0.2) is 24.3 Å². The number of halogens is 1. The molecule has 0 aliphatic heterocycles. The zero-order valence-electron chi connectivity index (χ0n) is 10.6. The monoisotopic (exact) mass is 284 g/mol. The van der Waals surface area contributed by atoms with Crippen LogP contribution in [0, 0.1) is 0 Å². The van der Waals surface area contributed by atoms with Gasteiger partial charge in [-0.1, -0.05) is 29.8 Å². The van der Waals surface area contributed by atoms with Crippen molar-refractivity contribution in [1.29, 1.82) is 0 Å². The summed E-state index contributed by atoms with van der Waals surface area (Å²) in [6.07, 6.45) is -0.0224. The van der Waals surface area contributed by atoms with Crippen LogP contribution in [-0.4, -0.2) is 23.0 Å². The summed E-state index contributed by atoms with van der Waals surface area (Å²) in [7, 11) is 0. The van der Waals surface area contributed by atoms with Gasteiger partial charge in [0.05, 0.1) is 12.1 Å². The molecule has 4 N–H and O–H groups in total. The molecular formula is C13H17ClN2O3. The highest BCUT2D eigenvalue weighted by Gasteiger charge is 2.18. The maximum absolute atomic E-state index is 11.8. The average molecular weight is 285 g/mol. The molecule has 1 aromatic carbocycles. The van der Waals surface area contributed by atoms with Crippen LogP contribution in [0.4, 0.5) is 0 Å². The summed E-state index contributed by atoms with van der Waals surface area (Å²) in [5.41, 5.74) is 6.42. The number of nitrogens with one attached hydrogen (secondary N) is 1. The van der Waals surface area contributed by atoms with Crippen LogP contribution in [0.3, 0.4) is 0 Å². The van der Waals surface area contributed by atoms with E-state index in [-0.39, 0.29) is 24.8 Å². The van der Waals surface area contributed by atoms with Crippen LogP contribution < -0.4 is 11.1 Å². The standard InChI is InChI=1S/C13H17ClN2O3/c1-8(9-4-2-3-5-10(9)14)16-13(19)11(15)6-7-12(17)18/h2-5,8,11H,6-7,15H2,1H3,(H,16,19)(H,17,18)/t8-,11?/m0/s1. The number of nitrogens with two attached hydrogens (primary N) is 1. The van der Waals surface area contributed by atoms with Crippen molar-refractivity contribution in [3.05, 3.63) is 34.9 Å². The number of benzene rings is 1. The van der Waals surface area contributed by atoms with Crippen LogP contribution in [0.1, 0.15) is 31.4 Å². The number of carbonyl (C=O) groups excluding carboxylic acids is 1. The van der Waals surface area contributed by atoms with Gasteiger partial charge < -0.3 is 16.2 Å².